The first kappa shape index (κ1) is 16.9. The minimum absolute atomic E-state index is 0.0497. The van der Waals surface area contributed by atoms with Crippen molar-refractivity contribution in [2.45, 2.75) is 45.2 Å². The van der Waals surface area contributed by atoms with Gasteiger partial charge in [0.1, 0.15) is 5.65 Å². The second kappa shape index (κ2) is 7.77. The zero-order valence-electron chi connectivity index (χ0n) is 14.4. The second-order valence-corrected chi connectivity index (χ2v) is 6.57. The lowest BCUT2D eigenvalue weighted by atomic mass is 10.0. The topological polar surface area (TPSA) is 75.7 Å². The van der Waals surface area contributed by atoms with Crippen LogP contribution in [0, 0.1) is 6.92 Å². The number of hydrogen-bond donors (Lipinski definition) is 2. The summed E-state index contributed by atoms with van der Waals surface area (Å²) in [6, 6.07) is 6.57. The summed E-state index contributed by atoms with van der Waals surface area (Å²) in [6.07, 6.45) is 5.93. The molecule has 0 aliphatic carbocycles. The third-order valence-electron chi connectivity index (χ3n) is 4.82. The number of nitrogens with one attached hydrogen (secondary N) is 1. The van der Waals surface area contributed by atoms with E-state index >= 15 is 0 Å². The molecule has 1 saturated heterocycles. The maximum absolute atomic E-state index is 11.7. The Bertz CT molecular complexity index is 696. The first-order chi connectivity index (χ1) is 11.7. The van der Waals surface area contributed by atoms with E-state index in [4.69, 9.17) is 5.73 Å². The number of carbonyl (C=O) groups is 1. The summed E-state index contributed by atoms with van der Waals surface area (Å²) in [5.74, 6) is 0.0497. The third kappa shape index (κ3) is 3.76. The Balaban J connectivity index is 1.70. The van der Waals surface area contributed by atoms with Crippen molar-refractivity contribution in [3.63, 3.8) is 0 Å². The number of imidazole rings is 1. The molecule has 1 atom stereocenters. The van der Waals surface area contributed by atoms with Crippen molar-refractivity contribution in [3.05, 3.63) is 35.8 Å². The molecule has 3 heterocycles. The number of aromatic nitrogens is 2. The zero-order chi connectivity index (χ0) is 16.9. The van der Waals surface area contributed by atoms with Gasteiger partial charge >= 0.3 is 0 Å². The third-order valence-corrected chi connectivity index (χ3v) is 4.82. The lowest BCUT2D eigenvalue weighted by Gasteiger charge is -2.35. The highest BCUT2D eigenvalue weighted by atomic mass is 16.1. The number of hydrogen-bond acceptors (Lipinski definition) is 4. The number of aryl methyl sites for hydroxylation is 1. The van der Waals surface area contributed by atoms with Gasteiger partial charge in [0, 0.05) is 37.8 Å². The number of carbonyl (C=O) groups excluding carboxylic acids is 1. The molecule has 1 aliphatic rings. The lowest BCUT2D eigenvalue weighted by Crippen LogP contribution is -2.46. The molecule has 0 spiro atoms. The van der Waals surface area contributed by atoms with E-state index in [9.17, 15) is 4.79 Å². The van der Waals surface area contributed by atoms with Gasteiger partial charge in [-0.3, -0.25) is 9.69 Å². The van der Waals surface area contributed by atoms with Crippen molar-refractivity contribution in [3.8, 4) is 0 Å². The molecule has 2 aromatic heterocycles. The normalized spacial score (nSPS) is 18.8. The Labute approximate surface area is 143 Å². The Morgan fingerprint density at radius 2 is 2.29 bits per heavy atom. The maximum Gasteiger partial charge on any atom is 0.221 e. The van der Waals surface area contributed by atoms with E-state index in [1.165, 1.54) is 24.2 Å². The predicted octanol–water partition coefficient (Wildman–Crippen LogP) is 1.46. The van der Waals surface area contributed by atoms with Crippen LogP contribution in [0.2, 0.25) is 0 Å². The monoisotopic (exact) mass is 329 g/mol. The number of fused-ring (bicyclic) bond motifs is 1. The SMILES string of the molecule is Cc1cccc2ncc(CN3CCCCC3CNC(=O)CCN)n12. The number of likely N-dealkylation sites (tertiary alicyclic amines) is 1. The Kier molecular flexibility index (Phi) is 5.48. The van der Waals surface area contributed by atoms with Crippen molar-refractivity contribution in [2.75, 3.05) is 19.6 Å². The molecule has 24 heavy (non-hydrogen) atoms. The quantitative estimate of drug-likeness (QED) is 0.841. The number of amides is 1. The highest BCUT2D eigenvalue weighted by molar-refractivity contribution is 5.76. The molecular weight excluding hydrogens is 302 g/mol. The Hall–Kier alpha value is -1.92. The fourth-order valence-electron chi connectivity index (χ4n) is 3.55. The molecule has 130 valence electrons. The molecule has 1 aliphatic heterocycles. The van der Waals surface area contributed by atoms with E-state index in [0.29, 0.717) is 25.6 Å². The summed E-state index contributed by atoms with van der Waals surface area (Å²) in [5, 5.41) is 3.03. The van der Waals surface area contributed by atoms with Gasteiger partial charge in [-0.1, -0.05) is 12.5 Å². The van der Waals surface area contributed by atoms with E-state index in [0.717, 1.165) is 25.2 Å². The summed E-state index contributed by atoms with van der Waals surface area (Å²) in [7, 11) is 0. The van der Waals surface area contributed by atoms with Gasteiger partial charge < -0.3 is 15.5 Å². The molecule has 3 N–H and O–H groups in total. The van der Waals surface area contributed by atoms with E-state index < -0.39 is 0 Å². The molecule has 1 amide bonds. The van der Waals surface area contributed by atoms with Gasteiger partial charge in [0.15, 0.2) is 0 Å². The fraction of sp³-hybridized carbons (Fsp3) is 0.556. The van der Waals surface area contributed by atoms with Crippen LogP contribution < -0.4 is 11.1 Å². The van der Waals surface area contributed by atoms with Crippen molar-refractivity contribution < 1.29 is 4.79 Å². The summed E-state index contributed by atoms with van der Waals surface area (Å²) in [4.78, 5) is 18.7. The average Bonchev–Trinajstić information content (AvgIpc) is 2.99. The van der Waals surface area contributed by atoms with Crippen LogP contribution >= 0.6 is 0 Å². The van der Waals surface area contributed by atoms with E-state index in [1.807, 2.05) is 18.3 Å². The smallest absolute Gasteiger partial charge is 0.221 e. The molecule has 6 nitrogen and oxygen atoms in total. The number of nitrogens with zero attached hydrogens (tertiary/aromatic N) is 3. The van der Waals surface area contributed by atoms with Gasteiger partial charge in [-0.25, -0.2) is 4.98 Å². The fourth-order valence-corrected chi connectivity index (χ4v) is 3.55. The van der Waals surface area contributed by atoms with Crippen molar-refractivity contribution in [1.29, 1.82) is 0 Å². The van der Waals surface area contributed by atoms with Gasteiger partial charge in [0.05, 0.1) is 11.9 Å². The van der Waals surface area contributed by atoms with Gasteiger partial charge in [-0.05, 0) is 38.4 Å². The van der Waals surface area contributed by atoms with Crippen LogP contribution in [0.1, 0.15) is 37.1 Å². The van der Waals surface area contributed by atoms with Crippen LogP contribution in [0.4, 0.5) is 0 Å². The molecule has 1 fully saturated rings. The molecule has 1 unspecified atom stereocenters. The summed E-state index contributed by atoms with van der Waals surface area (Å²) in [5.41, 5.74) is 8.85. The van der Waals surface area contributed by atoms with E-state index in [-0.39, 0.29) is 5.91 Å². The molecule has 0 bridgehead atoms. The molecule has 0 radical (unpaired) electrons. The van der Waals surface area contributed by atoms with Crippen LogP contribution in [-0.4, -0.2) is 45.9 Å². The Morgan fingerprint density at radius 3 is 3.12 bits per heavy atom. The molecule has 6 heteroatoms. The summed E-state index contributed by atoms with van der Waals surface area (Å²) in [6.45, 7) is 5.15. The van der Waals surface area contributed by atoms with Crippen LogP contribution in [0.15, 0.2) is 24.4 Å². The maximum atomic E-state index is 11.7. The highest BCUT2D eigenvalue weighted by Crippen LogP contribution is 2.20. The Morgan fingerprint density at radius 1 is 1.42 bits per heavy atom. The van der Waals surface area contributed by atoms with Crippen LogP contribution in [-0.2, 0) is 11.3 Å². The predicted molar refractivity (Wildman–Crippen MR) is 94.7 cm³/mol. The lowest BCUT2D eigenvalue weighted by molar-refractivity contribution is -0.121. The summed E-state index contributed by atoms with van der Waals surface area (Å²) >= 11 is 0. The minimum atomic E-state index is 0.0497. The number of piperidine rings is 1. The van der Waals surface area contributed by atoms with Gasteiger partial charge in [-0.2, -0.15) is 0 Å². The molecule has 2 aromatic rings. The van der Waals surface area contributed by atoms with Gasteiger partial charge in [0.2, 0.25) is 5.91 Å². The zero-order valence-corrected chi connectivity index (χ0v) is 14.4. The van der Waals surface area contributed by atoms with Crippen LogP contribution in [0.3, 0.4) is 0 Å². The van der Waals surface area contributed by atoms with Gasteiger partial charge in [0.25, 0.3) is 0 Å². The number of nitrogens with two attached hydrogens (primary N) is 1. The van der Waals surface area contributed by atoms with Gasteiger partial charge in [-0.15, -0.1) is 0 Å². The molecule has 3 rings (SSSR count). The molecule has 0 saturated carbocycles. The molecular formula is C18H27N5O. The van der Waals surface area contributed by atoms with Crippen molar-refractivity contribution in [2.24, 2.45) is 5.73 Å². The van der Waals surface area contributed by atoms with Crippen molar-refractivity contribution >= 4 is 11.6 Å². The second-order valence-electron chi connectivity index (χ2n) is 6.57. The van der Waals surface area contributed by atoms with Crippen LogP contribution in [0.25, 0.3) is 5.65 Å². The van der Waals surface area contributed by atoms with E-state index in [1.54, 1.807) is 0 Å². The van der Waals surface area contributed by atoms with E-state index in [2.05, 4.69) is 32.6 Å². The first-order valence-corrected chi connectivity index (χ1v) is 8.82. The number of rotatable bonds is 6. The highest BCUT2D eigenvalue weighted by Gasteiger charge is 2.24. The first-order valence-electron chi connectivity index (χ1n) is 8.82. The average molecular weight is 329 g/mol. The van der Waals surface area contributed by atoms with Crippen molar-refractivity contribution in [1.82, 2.24) is 19.6 Å². The number of pyridine rings is 1. The summed E-state index contributed by atoms with van der Waals surface area (Å²) < 4.78 is 2.22. The van der Waals surface area contributed by atoms with Crippen LogP contribution in [0.5, 0.6) is 0 Å². The molecule has 0 aromatic carbocycles. The standard InChI is InChI=1S/C18H27N5O/c1-14-5-4-7-17-20-12-16(23(14)17)13-22-10-3-2-6-15(22)11-21-18(24)8-9-19/h4-5,7,12,15H,2-3,6,8-11,13,19H2,1H3,(H,21,24). The minimum Gasteiger partial charge on any atom is -0.354 e. The largest absolute Gasteiger partial charge is 0.354 e.